The number of aromatic nitrogens is 3. The summed E-state index contributed by atoms with van der Waals surface area (Å²) in [6.45, 7) is 1.35. The molecular formula is C25H26F3N5O5. The number of carboxylic acid groups (broad SMARTS) is 1. The van der Waals surface area contributed by atoms with Gasteiger partial charge in [0.2, 0.25) is 5.88 Å². The summed E-state index contributed by atoms with van der Waals surface area (Å²) in [6.07, 6.45) is -0.201. The fourth-order valence-corrected chi connectivity index (χ4v) is 3.72. The Morgan fingerprint density at radius 2 is 1.97 bits per heavy atom. The average molecular weight is 534 g/mol. The summed E-state index contributed by atoms with van der Waals surface area (Å²) in [4.78, 5) is 33.2. The Hall–Kier alpha value is -4.26. The lowest BCUT2D eigenvalue weighted by Crippen LogP contribution is -2.30. The summed E-state index contributed by atoms with van der Waals surface area (Å²) in [5.74, 6) is -1.23. The lowest BCUT2D eigenvalue weighted by atomic mass is 9.98. The molecule has 0 bridgehead atoms. The maximum Gasteiger partial charge on any atom is 0.490 e. The van der Waals surface area contributed by atoms with E-state index < -0.39 is 12.1 Å². The molecule has 38 heavy (non-hydrogen) atoms. The summed E-state index contributed by atoms with van der Waals surface area (Å²) < 4.78 is 42.4. The van der Waals surface area contributed by atoms with Crippen LogP contribution in [0.5, 0.6) is 5.88 Å². The number of alkyl halides is 3. The molecule has 1 aliphatic heterocycles. The zero-order valence-corrected chi connectivity index (χ0v) is 20.3. The SMILES string of the molecule is COc1cc(-c2ccccc2Cc2nc(NC3CCOCC3)c(C=N)c(=O)[nH]2)ccn1.O=C(O)C(F)(F)F. The van der Waals surface area contributed by atoms with Crippen LogP contribution in [0.15, 0.2) is 47.4 Å². The van der Waals surface area contributed by atoms with Crippen molar-refractivity contribution in [1.29, 1.82) is 5.41 Å². The summed E-state index contributed by atoms with van der Waals surface area (Å²) in [5.41, 5.74) is 2.92. The number of aliphatic carboxylic acids is 1. The van der Waals surface area contributed by atoms with Gasteiger partial charge in [-0.15, -0.1) is 0 Å². The number of hydrogen-bond donors (Lipinski definition) is 4. The van der Waals surface area contributed by atoms with Gasteiger partial charge in [-0.3, -0.25) is 4.79 Å². The highest BCUT2D eigenvalue weighted by atomic mass is 19.4. The number of carboxylic acids is 1. The van der Waals surface area contributed by atoms with Gasteiger partial charge >= 0.3 is 12.1 Å². The molecule has 3 heterocycles. The first-order valence-electron chi connectivity index (χ1n) is 11.5. The van der Waals surface area contributed by atoms with Crippen molar-refractivity contribution in [3.63, 3.8) is 0 Å². The first-order valence-corrected chi connectivity index (χ1v) is 11.5. The van der Waals surface area contributed by atoms with Crippen LogP contribution in [0.3, 0.4) is 0 Å². The van der Waals surface area contributed by atoms with E-state index in [2.05, 4.69) is 20.3 Å². The number of H-pyrrole nitrogens is 1. The molecule has 0 spiro atoms. The van der Waals surface area contributed by atoms with Crippen LogP contribution in [0.1, 0.15) is 29.8 Å². The molecule has 0 radical (unpaired) electrons. The Morgan fingerprint density at radius 1 is 1.29 bits per heavy atom. The number of halogens is 3. The fourth-order valence-electron chi connectivity index (χ4n) is 3.72. The summed E-state index contributed by atoms with van der Waals surface area (Å²) >= 11 is 0. The van der Waals surface area contributed by atoms with Crippen LogP contribution in [0.25, 0.3) is 11.1 Å². The van der Waals surface area contributed by atoms with Crippen LogP contribution in [-0.4, -0.2) is 64.8 Å². The third-order valence-electron chi connectivity index (χ3n) is 5.58. The number of ether oxygens (including phenoxy) is 2. The second-order valence-electron chi connectivity index (χ2n) is 8.17. The zero-order valence-electron chi connectivity index (χ0n) is 20.3. The Kier molecular flexibility index (Phi) is 9.55. The molecule has 4 rings (SSSR count). The first-order chi connectivity index (χ1) is 18.1. The number of hydrogen-bond acceptors (Lipinski definition) is 8. The minimum Gasteiger partial charge on any atom is -0.481 e. The van der Waals surface area contributed by atoms with E-state index in [4.69, 9.17) is 24.8 Å². The Bertz CT molecular complexity index is 1320. The average Bonchev–Trinajstić information content (AvgIpc) is 2.89. The van der Waals surface area contributed by atoms with Crippen molar-refractivity contribution in [3.8, 4) is 17.0 Å². The van der Waals surface area contributed by atoms with Gasteiger partial charge in [0, 0.05) is 44.2 Å². The van der Waals surface area contributed by atoms with Crippen molar-refractivity contribution in [1.82, 2.24) is 15.0 Å². The van der Waals surface area contributed by atoms with Crippen LogP contribution >= 0.6 is 0 Å². The second-order valence-corrected chi connectivity index (χ2v) is 8.17. The third-order valence-corrected chi connectivity index (χ3v) is 5.58. The van der Waals surface area contributed by atoms with E-state index >= 15 is 0 Å². The summed E-state index contributed by atoms with van der Waals surface area (Å²) in [5, 5.41) is 18.1. The molecule has 4 N–H and O–H groups in total. The molecule has 0 unspecified atom stereocenters. The van der Waals surface area contributed by atoms with Crippen LogP contribution in [-0.2, 0) is 16.0 Å². The number of anilines is 1. The minimum absolute atomic E-state index is 0.172. The Labute approximate surface area is 215 Å². The molecule has 0 amide bonds. The van der Waals surface area contributed by atoms with Crippen LogP contribution in [0, 0.1) is 5.41 Å². The maximum atomic E-state index is 12.6. The lowest BCUT2D eigenvalue weighted by molar-refractivity contribution is -0.192. The normalized spacial score (nSPS) is 13.7. The second kappa shape index (κ2) is 12.8. The van der Waals surface area contributed by atoms with Gasteiger partial charge in [-0.25, -0.2) is 14.8 Å². The quantitative estimate of drug-likeness (QED) is 0.336. The molecule has 3 aromatic rings. The van der Waals surface area contributed by atoms with Crippen LogP contribution in [0.4, 0.5) is 19.0 Å². The van der Waals surface area contributed by atoms with Crippen molar-refractivity contribution in [2.75, 3.05) is 25.6 Å². The number of aromatic amines is 1. The highest BCUT2D eigenvalue weighted by Crippen LogP contribution is 2.27. The molecule has 2 aromatic heterocycles. The molecule has 10 nitrogen and oxygen atoms in total. The largest absolute Gasteiger partial charge is 0.490 e. The number of pyridine rings is 1. The van der Waals surface area contributed by atoms with Gasteiger partial charge in [-0.1, -0.05) is 24.3 Å². The third kappa shape index (κ3) is 7.62. The number of carbonyl (C=O) groups is 1. The minimum atomic E-state index is -5.08. The predicted molar refractivity (Wildman–Crippen MR) is 133 cm³/mol. The Balaban J connectivity index is 0.000000505. The molecule has 202 valence electrons. The number of rotatable bonds is 7. The highest BCUT2D eigenvalue weighted by Gasteiger charge is 2.38. The molecule has 13 heteroatoms. The maximum absolute atomic E-state index is 12.6. The topological polar surface area (TPSA) is 150 Å². The smallest absolute Gasteiger partial charge is 0.481 e. The van der Waals surface area contributed by atoms with Crippen molar-refractivity contribution < 1.29 is 32.5 Å². The monoisotopic (exact) mass is 533 g/mol. The predicted octanol–water partition coefficient (Wildman–Crippen LogP) is 3.65. The Morgan fingerprint density at radius 3 is 2.61 bits per heavy atom. The van der Waals surface area contributed by atoms with Gasteiger partial charge in [-0.2, -0.15) is 13.2 Å². The molecule has 1 saturated heterocycles. The van der Waals surface area contributed by atoms with Crippen molar-refractivity contribution in [3.05, 3.63) is 69.9 Å². The van der Waals surface area contributed by atoms with Crippen molar-refractivity contribution in [2.24, 2.45) is 0 Å². The summed E-state index contributed by atoms with van der Waals surface area (Å²) in [6, 6.07) is 11.9. The fraction of sp³-hybridized carbons (Fsp3) is 0.320. The van der Waals surface area contributed by atoms with E-state index in [-0.39, 0.29) is 17.2 Å². The van der Waals surface area contributed by atoms with Gasteiger partial charge in [-0.05, 0) is 35.6 Å². The lowest BCUT2D eigenvalue weighted by Gasteiger charge is -2.24. The molecular weight excluding hydrogens is 507 g/mol. The van der Waals surface area contributed by atoms with Crippen LogP contribution in [0.2, 0.25) is 0 Å². The van der Waals surface area contributed by atoms with Gasteiger partial charge in [0.05, 0.1) is 12.7 Å². The number of benzene rings is 1. The number of methoxy groups -OCH3 is 1. The van der Waals surface area contributed by atoms with E-state index in [1.807, 2.05) is 36.4 Å². The molecule has 1 aromatic carbocycles. The van der Waals surface area contributed by atoms with Gasteiger partial charge in [0.1, 0.15) is 11.6 Å². The van der Waals surface area contributed by atoms with Crippen molar-refractivity contribution >= 4 is 18.0 Å². The first kappa shape index (κ1) is 28.3. The highest BCUT2D eigenvalue weighted by molar-refractivity contribution is 5.83. The standard InChI is InChI=1S/C23H25N5O3.C2HF3O2/c1-30-21-13-16(6-9-25-21)18-5-3-2-4-15(18)12-20-27-22(19(14-24)23(29)28-20)26-17-7-10-31-11-8-17;3-2(4,5)1(6)7/h2-6,9,13-14,17,24H,7-8,10-12H2,1H3,(H2,26,27,28,29);(H,6,7). The van der Waals surface area contributed by atoms with Crippen LogP contribution < -0.4 is 15.6 Å². The molecule has 0 saturated carbocycles. The van der Waals surface area contributed by atoms with Crippen molar-refractivity contribution in [2.45, 2.75) is 31.5 Å². The van der Waals surface area contributed by atoms with E-state index in [9.17, 15) is 18.0 Å². The molecule has 0 atom stereocenters. The molecule has 0 aliphatic carbocycles. The number of nitrogens with zero attached hydrogens (tertiary/aromatic N) is 2. The van der Waals surface area contributed by atoms with E-state index in [0.29, 0.717) is 37.2 Å². The molecule has 1 aliphatic rings. The zero-order chi connectivity index (χ0) is 27.7. The van der Waals surface area contributed by atoms with E-state index in [1.165, 1.54) is 0 Å². The van der Waals surface area contributed by atoms with Gasteiger partial charge < -0.3 is 30.3 Å². The van der Waals surface area contributed by atoms with E-state index in [0.717, 1.165) is 35.7 Å². The van der Waals surface area contributed by atoms with Gasteiger partial charge in [0.25, 0.3) is 5.56 Å². The molecule has 1 fully saturated rings. The number of nitrogens with one attached hydrogen (secondary N) is 3. The summed E-state index contributed by atoms with van der Waals surface area (Å²) in [7, 11) is 1.59. The van der Waals surface area contributed by atoms with E-state index in [1.54, 1.807) is 13.3 Å². The van der Waals surface area contributed by atoms with Gasteiger partial charge in [0.15, 0.2) is 0 Å².